The molecule has 0 saturated carbocycles. The molecular formula is C60H86N8O6. The molecule has 0 aromatic heterocycles. The predicted molar refractivity (Wildman–Crippen MR) is 295 cm³/mol. The number of carbonyl (C=O) groups excluding carboxylic acids is 6. The maximum Gasteiger partial charge on any atom is 0.243 e. The minimum absolute atomic E-state index is 0.209. The van der Waals surface area contributed by atoms with Gasteiger partial charge in [0.25, 0.3) is 0 Å². The summed E-state index contributed by atoms with van der Waals surface area (Å²) in [6.07, 6.45) is 12.2. The van der Waals surface area contributed by atoms with Crippen molar-refractivity contribution >= 4 is 35.4 Å². The normalized spacial score (nSPS) is 13.7. The van der Waals surface area contributed by atoms with E-state index in [0.29, 0.717) is 38.8 Å². The van der Waals surface area contributed by atoms with Gasteiger partial charge in [0.2, 0.25) is 35.4 Å². The number of benzene rings is 4. The van der Waals surface area contributed by atoms with Gasteiger partial charge in [-0.1, -0.05) is 200 Å². The Hall–Kier alpha value is -6.38. The largest absolute Gasteiger partial charge is 0.354 e. The Labute approximate surface area is 441 Å². The number of nitrogens with two attached hydrogens (primary N) is 2. The highest BCUT2D eigenvalue weighted by Crippen LogP contribution is 2.14. The van der Waals surface area contributed by atoms with Crippen molar-refractivity contribution in [2.24, 2.45) is 23.3 Å². The van der Waals surface area contributed by atoms with Gasteiger partial charge in [-0.2, -0.15) is 0 Å². The second kappa shape index (κ2) is 34.2. The molecule has 10 N–H and O–H groups in total. The molecule has 4 rings (SSSR count). The van der Waals surface area contributed by atoms with Crippen LogP contribution in [0.2, 0.25) is 0 Å². The molecule has 4 aromatic rings. The van der Waals surface area contributed by atoms with Crippen LogP contribution in [0.15, 0.2) is 121 Å². The third-order valence-electron chi connectivity index (χ3n) is 13.0. The van der Waals surface area contributed by atoms with Crippen LogP contribution < -0.4 is 43.4 Å². The Balaban J connectivity index is 1.16. The van der Waals surface area contributed by atoms with Crippen molar-refractivity contribution in [1.82, 2.24) is 31.9 Å². The average Bonchev–Trinajstić information content (AvgIpc) is 3.38. The standard InChI is InChI=1S/C60H86N8O6/c1-43(2)37-49(61)55(69)65-53(41-47-31-21-15-22-32-47)59(73)67-51(39-45-27-17-13-18-28-45)57(71)63-35-25-11-9-7-5-6-8-10-12-26-36-64-58(72)52(40-46-29-19-14-20-30-46)68-60(74)54(42-48-33-23-16-24-34-48)66-56(70)50(62)38-44(3)4/h13-24,27-34,43-44,49-54H,5-12,25-26,35-42,61-62H2,1-4H3,(H,63,71)(H,64,72)(H,65,69)(H,66,70)(H,67,73)(H,68,74)/t49-,50-,51-,52-,53-,54-/m0/s1. The Kier molecular flexibility index (Phi) is 27.8. The highest BCUT2D eigenvalue weighted by atomic mass is 16.2. The zero-order valence-corrected chi connectivity index (χ0v) is 44.5. The molecular weight excluding hydrogens is 929 g/mol. The van der Waals surface area contributed by atoms with Crippen molar-refractivity contribution in [3.8, 4) is 0 Å². The monoisotopic (exact) mass is 1010 g/mol. The van der Waals surface area contributed by atoms with Gasteiger partial charge in [-0.15, -0.1) is 0 Å². The number of rotatable bonds is 35. The third kappa shape index (κ3) is 24.1. The maximum atomic E-state index is 13.9. The molecule has 0 bridgehead atoms. The highest BCUT2D eigenvalue weighted by Gasteiger charge is 2.31. The minimum atomic E-state index is -0.915. The third-order valence-corrected chi connectivity index (χ3v) is 13.0. The van der Waals surface area contributed by atoms with Crippen LogP contribution in [0, 0.1) is 11.8 Å². The van der Waals surface area contributed by atoms with Crippen molar-refractivity contribution in [3.05, 3.63) is 144 Å². The van der Waals surface area contributed by atoms with Gasteiger partial charge in [0, 0.05) is 38.8 Å². The molecule has 6 amide bonds. The molecule has 0 unspecified atom stereocenters. The molecule has 0 spiro atoms. The molecule has 0 fully saturated rings. The lowest BCUT2D eigenvalue weighted by Gasteiger charge is -2.25. The summed E-state index contributed by atoms with van der Waals surface area (Å²) in [6, 6.07) is 33.0. The predicted octanol–water partition coefficient (Wildman–Crippen LogP) is 6.78. The SMILES string of the molecule is CC(C)C[C@H](N)C(=O)N[C@@H](Cc1ccccc1)C(=O)N[C@@H](Cc1ccccc1)C(=O)NCCCCCCCCCCCCNC(=O)[C@H](Cc1ccccc1)NC(=O)[C@H](Cc1ccccc1)NC(=O)[C@@H](N)CC(C)C. The molecule has 0 aliphatic heterocycles. The van der Waals surface area contributed by atoms with Crippen LogP contribution in [-0.4, -0.2) is 84.8 Å². The quantitative estimate of drug-likeness (QED) is 0.0229. The number of amides is 6. The smallest absolute Gasteiger partial charge is 0.243 e. The number of hydrogen-bond acceptors (Lipinski definition) is 8. The van der Waals surface area contributed by atoms with Crippen molar-refractivity contribution in [1.29, 1.82) is 0 Å². The summed E-state index contributed by atoms with van der Waals surface area (Å²) in [5.74, 6) is -1.80. The fraction of sp³-hybridized carbons (Fsp3) is 0.500. The number of hydrogen-bond donors (Lipinski definition) is 8. The highest BCUT2D eigenvalue weighted by molar-refractivity contribution is 5.94. The van der Waals surface area contributed by atoms with Crippen LogP contribution >= 0.6 is 0 Å². The molecule has 0 radical (unpaired) electrons. The molecule has 74 heavy (non-hydrogen) atoms. The van der Waals surface area contributed by atoms with E-state index in [1.807, 2.05) is 149 Å². The van der Waals surface area contributed by atoms with E-state index in [1.165, 1.54) is 0 Å². The Morgan fingerprint density at radius 3 is 0.824 bits per heavy atom. The van der Waals surface area contributed by atoms with Gasteiger partial charge < -0.3 is 43.4 Å². The molecule has 0 heterocycles. The lowest BCUT2D eigenvalue weighted by atomic mass is 10.0. The zero-order valence-electron chi connectivity index (χ0n) is 44.5. The number of unbranched alkanes of at least 4 members (excludes halogenated alkanes) is 9. The summed E-state index contributed by atoms with van der Waals surface area (Å²) in [5, 5.41) is 17.7. The average molecular weight is 1020 g/mol. The van der Waals surface area contributed by atoms with Gasteiger partial charge in [-0.25, -0.2) is 0 Å². The molecule has 0 aliphatic rings. The zero-order chi connectivity index (χ0) is 53.5. The van der Waals surface area contributed by atoms with Crippen LogP contribution in [0.1, 0.15) is 127 Å². The molecule has 0 saturated heterocycles. The first-order chi connectivity index (χ1) is 35.7. The van der Waals surface area contributed by atoms with Crippen molar-refractivity contribution in [3.63, 3.8) is 0 Å². The second-order valence-electron chi connectivity index (χ2n) is 20.6. The van der Waals surface area contributed by atoms with E-state index in [9.17, 15) is 28.8 Å². The first-order valence-electron chi connectivity index (χ1n) is 27.1. The Morgan fingerprint density at radius 1 is 0.338 bits per heavy atom. The second-order valence-corrected chi connectivity index (χ2v) is 20.6. The van der Waals surface area contributed by atoms with E-state index in [2.05, 4.69) is 31.9 Å². The van der Waals surface area contributed by atoms with E-state index in [-0.39, 0.29) is 36.5 Å². The summed E-state index contributed by atoms with van der Waals surface area (Å²) in [7, 11) is 0. The van der Waals surface area contributed by atoms with Crippen LogP contribution in [0.5, 0.6) is 0 Å². The van der Waals surface area contributed by atoms with Gasteiger partial charge >= 0.3 is 0 Å². The van der Waals surface area contributed by atoms with Crippen molar-refractivity contribution in [2.45, 2.75) is 167 Å². The first kappa shape index (κ1) is 60.2. The molecule has 14 heteroatoms. The fourth-order valence-corrected chi connectivity index (χ4v) is 8.90. The molecule has 14 nitrogen and oxygen atoms in total. The molecule has 6 atom stereocenters. The first-order valence-corrected chi connectivity index (χ1v) is 27.1. The number of carbonyl (C=O) groups is 6. The van der Waals surface area contributed by atoms with Gasteiger partial charge in [0.05, 0.1) is 12.1 Å². The lowest BCUT2D eigenvalue weighted by molar-refractivity contribution is -0.132. The van der Waals surface area contributed by atoms with Gasteiger partial charge in [-0.3, -0.25) is 28.8 Å². The molecule has 0 aliphatic carbocycles. The summed E-state index contributed by atoms with van der Waals surface area (Å²) in [5.41, 5.74) is 16.0. The van der Waals surface area contributed by atoms with Crippen LogP contribution in [0.3, 0.4) is 0 Å². The van der Waals surface area contributed by atoms with Crippen LogP contribution in [0.25, 0.3) is 0 Å². The Morgan fingerprint density at radius 2 is 0.568 bits per heavy atom. The van der Waals surface area contributed by atoms with E-state index >= 15 is 0 Å². The number of nitrogens with one attached hydrogen (secondary N) is 6. The fourth-order valence-electron chi connectivity index (χ4n) is 8.90. The Bertz CT molecular complexity index is 2090. The summed E-state index contributed by atoms with van der Waals surface area (Å²) < 4.78 is 0. The lowest BCUT2D eigenvalue weighted by Crippen LogP contribution is -2.57. The van der Waals surface area contributed by atoms with Crippen LogP contribution in [0.4, 0.5) is 0 Å². The van der Waals surface area contributed by atoms with E-state index in [0.717, 1.165) is 86.5 Å². The molecule has 402 valence electrons. The van der Waals surface area contributed by atoms with E-state index in [1.54, 1.807) is 0 Å². The minimum Gasteiger partial charge on any atom is -0.354 e. The van der Waals surface area contributed by atoms with Gasteiger partial charge in [0.1, 0.15) is 24.2 Å². The maximum absolute atomic E-state index is 13.9. The molecule has 4 aromatic carbocycles. The topological polar surface area (TPSA) is 227 Å². The van der Waals surface area contributed by atoms with Gasteiger partial charge in [0.15, 0.2) is 0 Å². The summed E-state index contributed by atoms with van der Waals surface area (Å²) >= 11 is 0. The summed E-state index contributed by atoms with van der Waals surface area (Å²) in [4.78, 5) is 81.3. The van der Waals surface area contributed by atoms with E-state index < -0.39 is 59.9 Å². The van der Waals surface area contributed by atoms with E-state index in [4.69, 9.17) is 11.5 Å². The summed E-state index contributed by atoms with van der Waals surface area (Å²) in [6.45, 7) is 8.94. The van der Waals surface area contributed by atoms with Crippen molar-refractivity contribution in [2.75, 3.05) is 13.1 Å². The van der Waals surface area contributed by atoms with Crippen LogP contribution in [-0.2, 0) is 54.5 Å². The van der Waals surface area contributed by atoms with Crippen molar-refractivity contribution < 1.29 is 28.8 Å². The van der Waals surface area contributed by atoms with Gasteiger partial charge in [-0.05, 0) is 59.8 Å².